The zero-order chi connectivity index (χ0) is 16.4. The molecule has 1 fully saturated rings. The maximum atomic E-state index is 9.11. The average molecular weight is 344 g/mol. The summed E-state index contributed by atoms with van der Waals surface area (Å²) in [5, 5.41) is 18.0. The standard InChI is InChI=1S/C17H20N4O2S/c22-11-13-1-3-14(4-2-13)15-10-21-17(19-15)24-16(20-21)18-9-12-5-7-23-8-6-12/h1-4,10,12,22H,5-9,11H2,(H,18,20). The number of imidazole rings is 1. The first-order valence-electron chi connectivity index (χ1n) is 8.20. The second-order valence-electron chi connectivity index (χ2n) is 6.05. The van der Waals surface area contributed by atoms with Gasteiger partial charge in [0.2, 0.25) is 10.1 Å². The molecule has 2 aromatic heterocycles. The molecule has 1 saturated heterocycles. The third-order valence-corrected chi connectivity index (χ3v) is 5.24. The van der Waals surface area contributed by atoms with E-state index in [-0.39, 0.29) is 6.61 Å². The fourth-order valence-electron chi connectivity index (χ4n) is 2.87. The molecule has 126 valence electrons. The van der Waals surface area contributed by atoms with Crippen LogP contribution >= 0.6 is 11.3 Å². The Balaban J connectivity index is 1.45. The fraction of sp³-hybridized carbons (Fsp3) is 0.412. The summed E-state index contributed by atoms with van der Waals surface area (Å²) in [6.45, 7) is 2.73. The molecule has 0 saturated carbocycles. The van der Waals surface area contributed by atoms with E-state index in [4.69, 9.17) is 9.84 Å². The normalized spacial score (nSPS) is 15.9. The van der Waals surface area contributed by atoms with Gasteiger partial charge in [0.25, 0.3) is 0 Å². The van der Waals surface area contributed by atoms with E-state index in [1.807, 2.05) is 35.0 Å². The lowest BCUT2D eigenvalue weighted by Crippen LogP contribution is -2.22. The Morgan fingerprint density at radius 2 is 2.04 bits per heavy atom. The van der Waals surface area contributed by atoms with Gasteiger partial charge in [-0.25, -0.2) is 9.50 Å². The highest BCUT2D eigenvalue weighted by atomic mass is 32.1. The van der Waals surface area contributed by atoms with Crippen molar-refractivity contribution in [1.82, 2.24) is 14.6 Å². The van der Waals surface area contributed by atoms with E-state index >= 15 is 0 Å². The van der Waals surface area contributed by atoms with Gasteiger partial charge in [0.15, 0.2) is 0 Å². The van der Waals surface area contributed by atoms with Crippen LogP contribution in [0.15, 0.2) is 30.5 Å². The van der Waals surface area contributed by atoms with Crippen LogP contribution in [0.2, 0.25) is 0 Å². The van der Waals surface area contributed by atoms with Crippen LogP contribution in [0.4, 0.5) is 5.13 Å². The van der Waals surface area contributed by atoms with Gasteiger partial charge in [0.1, 0.15) is 0 Å². The van der Waals surface area contributed by atoms with E-state index in [0.29, 0.717) is 5.92 Å². The lowest BCUT2D eigenvalue weighted by molar-refractivity contribution is 0.0699. The molecular weight excluding hydrogens is 324 g/mol. The molecule has 0 spiro atoms. The number of hydrogen-bond donors (Lipinski definition) is 2. The van der Waals surface area contributed by atoms with Gasteiger partial charge >= 0.3 is 0 Å². The summed E-state index contributed by atoms with van der Waals surface area (Å²) in [5.74, 6) is 0.663. The van der Waals surface area contributed by atoms with Gasteiger partial charge in [-0.05, 0) is 24.3 Å². The highest BCUT2D eigenvalue weighted by molar-refractivity contribution is 7.20. The largest absolute Gasteiger partial charge is 0.392 e. The molecule has 0 atom stereocenters. The van der Waals surface area contributed by atoms with Crippen LogP contribution in [0.3, 0.4) is 0 Å². The number of anilines is 1. The summed E-state index contributed by atoms with van der Waals surface area (Å²) in [5.41, 5.74) is 2.83. The quantitative estimate of drug-likeness (QED) is 0.745. The van der Waals surface area contributed by atoms with Crippen LogP contribution in [-0.2, 0) is 11.3 Å². The van der Waals surface area contributed by atoms with Crippen LogP contribution in [-0.4, -0.2) is 39.5 Å². The van der Waals surface area contributed by atoms with Gasteiger partial charge in [-0.3, -0.25) is 0 Å². The number of benzene rings is 1. The van der Waals surface area contributed by atoms with E-state index in [2.05, 4.69) is 15.4 Å². The first-order valence-corrected chi connectivity index (χ1v) is 9.01. The Bertz CT molecular complexity index is 774. The van der Waals surface area contributed by atoms with Gasteiger partial charge in [-0.15, -0.1) is 5.10 Å². The molecule has 7 heteroatoms. The Hall–Kier alpha value is -1.96. The van der Waals surface area contributed by atoms with Crippen molar-refractivity contribution in [2.24, 2.45) is 5.92 Å². The summed E-state index contributed by atoms with van der Waals surface area (Å²) in [6, 6.07) is 7.78. The second-order valence-corrected chi connectivity index (χ2v) is 7.01. The molecule has 24 heavy (non-hydrogen) atoms. The molecule has 0 aliphatic carbocycles. The minimum Gasteiger partial charge on any atom is -0.392 e. The molecule has 1 aliphatic rings. The molecule has 6 nitrogen and oxygen atoms in total. The van der Waals surface area contributed by atoms with E-state index in [0.717, 1.165) is 59.5 Å². The zero-order valence-corrected chi connectivity index (χ0v) is 14.1. The van der Waals surface area contributed by atoms with Gasteiger partial charge in [-0.2, -0.15) is 0 Å². The molecular formula is C17H20N4O2S. The summed E-state index contributed by atoms with van der Waals surface area (Å²) >= 11 is 1.57. The summed E-state index contributed by atoms with van der Waals surface area (Å²) in [6.07, 6.45) is 4.17. The Labute approximate surface area is 144 Å². The fourth-order valence-corrected chi connectivity index (χ4v) is 3.66. The number of nitrogens with zero attached hydrogens (tertiary/aromatic N) is 3. The lowest BCUT2D eigenvalue weighted by Gasteiger charge is -2.21. The zero-order valence-electron chi connectivity index (χ0n) is 13.3. The maximum absolute atomic E-state index is 9.11. The number of fused-ring (bicyclic) bond motifs is 1. The molecule has 0 radical (unpaired) electrons. The molecule has 4 rings (SSSR count). The molecule has 3 aromatic rings. The van der Waals surface area contributed by atoms with Gasteiger partial charge in [0, 0.05) is 25.3 Å². The van der Waals surface area contributed by atoms with Crippen molar-refractivity contribution < 1.29 is 9.84 Å². The number of nitrogens with one attached hydrogen (secondary N) is 1. The molecule has 0 amide bonds. The van der Waals surface area contributed by atoms with Crippen molar-refractivity contribution in [2.75, 3.05) is 25.1 Å². The molecule has 1 aliphatic heterocycles. The highest BCUT2D eigenvalue weighted by Crippen LogP contribution is 2.25. The summed E-state index contributed by atoms with van der Waals surface area (Å²) in [4.78, 5) is 5.53. The SMILES string of the molecule is OCc1ccc(-c2cn3nc(NCC4CCOCC4)sc3n2)cc1. The minimum absolute atomic E-state index is 0.0578. The van der Waals surface area contributed by atoms with Crippen LogP contribution in [0.5, 0.6) is 0 Å². The highest BCUT2D eigenvalue weighted by Gasteiger charge is 2.15. The predicted octanol–water partition coefficient (Wildman–Crippen LogP) is 2.79. The topological polar surface area (TPSA) is 71.7 Å². The van der Waals surface area contributed by atoms with Gasteiger partial charge < -0.3 is 15.2 Å². The predicted molar refractivity (Wildman–Crippen MR) is 94.3 cm³/mol. The van der Waals surface area contributed by atoms with E-state index in [9.17, 15) is 0 Å². The number of aliphatic hydroxyl groups is 1. The number of hydrogen-bond acceptors (Lipinski definition) is 6. The van der Waals surface area contributed by atoms with Crippen molar-refractivity contribution >= 4 is 21.4 Å². The molecule has 0 bridgehead atoms. The third kappa shape index (κ3) is 3.28. The number of aliphatic hydroxyl groups excluding tert-OH is 1. The first-order chi connectivity index (χ1) is 11.8. The maximum Gasteiger partial charge on any atom is 0.214 e. The van der Waals surface area contributed by atoms with Crippen LogP contribution in [0, 0.1) is 5.92 Å². The van der Waals surface area contributed by atoms with Gasteiger partial charge in [0.05, 0.1) is 18.5 Å². The van der Waals surface area contributed by atoms with Crippen LogP contribution in [0.1, 0.15) is 18.4 Å². The smallest absolute Gasteiger partial charge is 0.214 e. The first kappa shape index (κ1) is 15.6. The molecule has 0 unspecified atom stereocenters. The number of aromatic nitrogens is 3. The Morgan fingerprint density at radius 1 is 1.25 bits per heavy atom. The van der Waals surface area contributed by atoms with Crippen molar-refractivity contribution in [3.63, 3.8) is 0 Å². The summed E-state index contributed by atoms with van der Waals surface area (Å²) < 4.78 is 7.21. The van der Waals surface area contributed by atoms with Crippen molar-refractivity contribution in [2.45, 2.75) is 19.4 Å². The monoisotopic (exact) mass is 344 g/mol. The third-order valence-electron chi connectivity index (χ3n) is 4.36. The Morgan fingerprint density at radius 3 is 2.75 bits per heavy atom. The van der Waals surface area contributed by atoms with Crippen molar-refractivity contribution in [1.29, 1.82) is 0 Å². The van der Waals surface area contributed by atoms with Crippen LogP contribution < -0.4 is 5.32 Å². The van der Waals surface area contributed by atoms with Crippen molar-refractivity contribution in [3.05, 3.63) is 36.0 Å². The van der Waals surface area contributed by atoms with Crippen LogP contribution in [0.25, 0.3) is 16.2 Å². The van der Waals surface area contributed by atoms with E-state index in [1.54, 1.807) is 11.3 Å². The van der Waals surface area contributed by atoms with Gasteiger partial charge in [-0.1, -0.05) is 35.6 Å². The molecule has 3 heterocycles. The number of rotatable bonds is 5. The summed E-state index contributed by atoms with van der Waals surface area (Å²) in [7, 11) is 0. The van der Waals surface area contributed by atoms with E-state index in [1.165, 1.54) is 0 Å². The molecule has 1 aromatic carbocycles. The molecule has 2 N–H and O–H groups in total. The van der Waals surface area contributed by atoms with Crippen molar-refractivity contribution in [3.8, 4) is 11.3 Å². The minimum atomic E-state index is 0.0578. The Kier molecular flexibility index (Phi) is 4.46. The number of ether oxygens (including phenoxy) is 1. The lowest BCUT2D eigenvalue weighted by atomic mass is 10.0. The van der Waals surface area contributed by atoms with E-state index < -0.39 is 0 Å². The average Bonchev–Trinajstić information content (AvgIpc) is 3.19. The second kappa shape index (κ2) is 6.88.